The van der Waals surface area contributed by atoms with Gasteiger partial charge < -0.3 is 19.6 Å². The SMILES string of the molecule is OC1(c2ccc(Cl)cc2)CCN(CCOc2ccc(Oc3nc4ccccc4[nH]3)cc2)CC1. The predicted octanol–water partition coefficient (Wildman–Crippen LogP) is 5.37. The molecule has 170 valence electrons. The molecule has 0 saturated carbocycles. The fraction of sp³-hybridized carbons (Fsp3) is 0.269. The number of nitrogens with one attached hydrogen (secondary N) is 1. The lowest BCUT2D eigenvalue weighted by atomic mass is 9.84. The summed E-state index contributed by atoms with van der Waals surface area (Å²) in [5.74, 6) is 1.49. The zero-order valence-electron chi connectivity index (χ0n) is 18.2. The predicted molar refractivity (Wildman–Crippen MR) is 129 cm³/mol. The zero-order chi connectivity index (χ0) is 22.7. The molecule has 0 spiro atoms. The second-order valence-electron chi connectivity index (χ2n) is 8.36. The number of hydrogen-bond donors (Lipinski definition) is 2. The molecule has 1 aliphatic rings. The fourth-order valence-corrected chi connectivity index (χ4v) is 4.31. The summed E-state index contributed by atoms with van der Waals surface area (Å²) >= 11 is 5.97. The number of benzene rings is 3. The molecule has 0 bridgehead atoms. The summed E-state index contributed by atoms with van der Waals surface area (Å²) in [6, 6.07) is 23.3. The van der Waals surface area contributed by atoms with Gasteiger partial charge >= 0.3 is 0 Å². The molecule has 0 amide bonds. The minimum absolute atomic E-state index is 0.466. The Balaban J connectivity index is 1.08. The number of hydrogen-bond acceptors (Lipinski definition) is 5. The number of aromatic nitrogens is 2. The molecule has 7 heteroatoms. The Labute approximate surface area is 197 Å². The van der Waals surface area contributed by atoms with E-state index in [-0.39, 0.29) is 0 Å². The molecule has 0 radical (unpaired) electrons. The average molecular weight is 464 g/mol. The van der Waals surface area contributed by atoms with E-state index in [2.05, 4.69) is 14.9 Å². The molecule has 33 heavy (non-hydrogen) atoms. The van der Waals surface area contributed by atoms with E-state index >= 15 is 0 Å². The van der Waals surface area contributed by atoms with E-state index in [1.54, 1.807) is 0 Å². The lowest BCUT2D eigenvalue weighted by molar-refractivity contribution is -0.0278. The van der Waals surface area contributed by atoms with Crippen molar-refractivity contribution in [2.45, 2.75) is 18.4 Å². The van der Waals surface area contributed by atoms with Crippen LogP contribution < -0.4 is 9.47 Å². The highest BCUT2D eigenvalue weighted by Crippen LogP contribution is 2.33. The van der Waals surface area contributed by atoms with Crippen molar-refractivity contribution in [1.29, 1.82) is 0 Å². The third kappa shape index (κ3) is 5.14. The van der Waals surface area contributed by atoms with Gasteiger partial charge in [0.05, 0.1) is 16.6 Å². The molecule has 1 fully saturated rings. The molecule has 5 rings (SSSR count). The highest BCUT2D eigenvalue weighted by atomic mass is 35.5. The van der Waals surface area contributed by atoms with Crippen molar-refractivity contribution in [3.05, 3.63) is 83.4 Å². The van der Waals surface area contributed by atoms with Crippen molar-refractivity contribution in [2.24, 2.45) is 0 Å². The quantitative estimate of drug-likeness (QED) is 0.385. The van der Waals surface area contributed by atoms with Crippen LogP contribution in [0.15, 0.2) is 72.8 Å². The number of likely N-dealkylation sites (tertiary alicyclic amines) is 1. The standard InChI is InChI=1S/C26H26ClN3O3/c27-20-7-5-19(6-8-20)26(31)13-15-30(16-14-26)17-18-32-21-9-11-22(12-10-21)33-25-28-23-3-1-2-4-24(23)29-25/h1-12,31H,13-18H2,(H,28,29). The van der Waals surface area contributed by atoms with Gasteiger partial charge in [-0.15, -0.1) is 0 Å². The normalized spacial score (nSPS) is 16.1. The topological polar surface area (TPSA) is 70.6 Å². The third-order valence-electron chi connectivity index (χ3n) is 6.15. The van der Waals surface area contributed by atoms with Crippen LogP contribution in [0.2, 0.25) is 5.02 Å². The van der Waals surface area contributed by atoms with E-state index in [0.29, 0.717) is 36.2 Å². The van der Waals surface area contributed by atoms with Gasteiger partial charge in [0, 0.05) is 24.7 Å². The Hall–Kier alpha value is -3.06. The van der Waals surface area contributed by atoms with Crippen molar-refractivity contribution in [1.82, 2.24) is 14.9 Å². The molecule has 1 aromatic heterocycles. The fourth-order valence-electron chi connectivity index (χ4n) is 4.18. The molecule has 2 N–H and O–H groups in total. The van der Waals surface area contributed by atoms with Gasteiger partial charge in [-0.25, -0.2) is 0 Å². The highest BCUT2D eigenvalue weighted by Gasteiger charge is 2.33. The van der Waals surface area contributed by atoms with Crippen LogP contribution >= 0.6 is 11.6 Å². The molecule has 0 aliphatic carbocycles. The number of fused-ring (bicyclic) bond motifs is 1. The molecule has 2 heterocycles. The first-order chi connectivity index (χ1) is 16.1. The number of nitrogens with zero attached hydrogens (tertiary/aromatic N) is 2. The van der Waals surface area contributed by atoms with Gasteiger partial charge in [0.25, 0.3) is 6.01 Å². The van der Waals surface area contributed by atoms with Gasteiger partial charge in [-0.2, -0.15) is 4.98 Å². The number of piperidine rings is 1. The largest absolute Gasteiger partial charge is 0.492 e. The van der Waals surface area contributed by atoms with Crippen molar-refractivity contribution in [3.8, 4) is 17.5 Å². The Morgan fingerprint density at radius 3 is 2.36 bits per heavy atom. The summed E-state index contributed by atoms with van der Waals surface area (Å²) in [6.45, 7) is 3.05. The summed E-state index contributed by atoms with van der Waals surface area (Å²) in [5, 5.41) is 11.7. The van der Waals surface area contributed by atoms with E-state index in [1.165, 1.54) is 0 Å². The molecule has 0 unspecified atom stereocenters. The minimum atomic E-state index is -0.780. The van der Waals surface area contributed by atoms with Crippen molar-refractivity contribution in [3.63, 3.8) is 0 Å². The van der Waals surface area contributed by atoms with Crippen LogP contribution in [0.25, 0.3) is 11.0 Å². The van der Waals surface area contributed by atoms with Crippen LogP contribution in [0.3, 0.4) is 0 Å². The molecule has 4 aromatic rings. The summed E-state index contributed by atoms with van der Waals surface area (Å²) in [6.07, 6.45) is 1.39. The van der Waals surface area contributed by atoms with E-state index in [1.807, 2.05) is 72.8 Å². The van der Waals surface area contributed by atoms with Crippen LogP contribution in [0.5, 0.6) is 17.5 Å². The maximum atomic E-state index is 11.0. The number of ether oxygens (including phenoxy) is 2. The summed E-state index contributed by atoms with van der Waals surface area (Å²) in [7, 11) is 0. The Morgan fingerprint density at radius 2 is 1.64 bits per heavy atom. The van der Waals surface area contributed by atoms with E-state index < -0.39 is 5.60 Å². The Bertz CT molecular complexity index is 1170. The Kier molecular flexibility index (Phi) is 6.22. The zero-order valence-corrected chi connectivity index (χ0v) is 19.0. The number of rotatable bonds is 7. The molecule has 3 aromatic carbocycles. The number of imidazole rings is 1. The van der Waals surface area contributed by atoms with Gasteiger partial charge in [0.1, 0.15) is 18.1 Å². The third-order valence-corrected chi connectivity index (χ3v) is 6.40. The number of aliphatic hydroxyl groups is 1. The summed E-state index contributed by atoms with van der Waals surface area (Å²) < 4.78 is 11.7. The van der Waals surface area contributed by atoms with E-state index in [0.717, 1.165) is 42.0 Å². The average Bonchev–Trinajstić information content (AvgIpc) is 3.24. The van der Waals surface area contributed by atoms with Crippen molar-refractivity contribution >= 4 is 22.6 Å². The van der Waals surface area contributed by atoms with Gasteiger partial charge in [-0.3, -0.25) is 4.90 Å². The van der Waals surface area contributed by atoms with E-state index in [4.69, 9.17) is 21.1 Å². The first-order valence-electron chi connectivity index (χ1n) is 11.1. The van der Waals surface area contributed by atoms with Gasteiger partial charge in [0.15, 0.2) is 0 Å². The van der Waals surface area contributed by atoms with Crippen LogP contribution in [0, 0.1) is 0 Å². The molecular weight excluding hydrogens is 438 g/mol. The van der Waals surface area contributed by atoms with E-state index in [9.17, 15) is 5.11 Å². The van der Waals surface area contributed by atoms with Crippen molar-refractivity contribution in [2.75, 3.05) is 26.2 Å². The number of H-pyrrole nitrogens is 1. The Morgan fingerprint density at radius 1 is 0.939 bits per heavy atom. The molecule has 6 nitrogen and oxygen atoms in total. The number of para-hydroxylation sites is 2. The molecule has 1 saturated heterocycles. The van der Waals surface area contributed by atoms with Crippen LogP contribution in [-0.2, 0) is 5.60 Å². The maximum absolute atomic E-state index is 11.0. The van der Waals surface area contributed by atoms with Crippen LogP contribution in [-0.4, -0.2) is 46.2 Å². The van der Waals surface area contributed by atoms with Gasteiger partial charge in [-0.05, 0) is 66.9 Å². The van der Waals surface area contributed by atoms with Gasteiger partial charge in [0.2, 0.25) is 0 Å². The first kappa shape index (κ1) is 21.8. The molecule has 1 aliphatic heterocycles. The maximum Gasteiger partial charge on any atom is 0.300 e. The van der Waals surface area contributed by atoms with Crippen molar-refractivity contribution < 1.29 is 14.6 Å². The highest BCUT2D eigenvalue weighted by molar-refractivity contribution is 6.30. The lowest BCUT2D eigenvalue weighted by Crippen LogP contribution is -2.43. The second kappa shape index (κ2) is 9.43. The number of halogens is 1. The minimum Gasteiger partial charge on any atom is -0.492 e. The monoisotopic (exact) mass is 463 g/mol. The summed E-state index contributed by atoms with van der Waals surface area (Å²) in [4.78, 5) is 9.90. The summed E-state index contributed by atoms with van der Waals surface area (Å²) in [5.41, 5.74) is 1.97. The molecule has 0 atom stereocenters. The van der Waals surface area contributed by atoms with Crippen LogP contribution in [0.1, 0.15) is 18.4 Å². The van der Waals surface area contributed by atoms with Gasteiger partial charge in [-0.1, -0.05) is 35.9 Å². The lowest BCUT2D eigenvalue weighted by Gasteiger charge is -2.38. The smallest absolute Gasteiger partial charge is 0.300 e. The number of aromatic amines is 1. The second-order valence-corrected chi connectivity index (χ2v) is 8.80. The molecular formula is C26H26ClN3O3. The first-order valence-corrected chi connectivity index (χ1v) is 11.5. The van der Waals surface area contributed by atoms with Crippen LogP contribution in [0.4, 0.5) is 0 Å².